The Labute approximate surface area is 148 Å². The summed E-state index contributed by atoms with van der Waals surface area (Å²) in [6, 6.07) is 7.95. The lowest BCUT2D eigenvalue weighted by Crippen LogP contribution is -2.10. The predicted molar refractivity (Wildman–Crippen MR) is 90.8 cm³/mol. The number of anilines is 1. The smallest absolute Gasteiger partial charge is 0.212 e. The van der Waals surface area contributed by atoms with Crippen LogP contribution in [0.25, 0.3) is 11.5 Å². The van der Waals surface area contributed by atoms with Crippen LogP contribution in [-0.4, -0.2) is 45.1 Å². The summed E-state index contributed by atoms with van der Waals surface area (Å²) in [4.78, 5) is 8.02. The SMILES string of the molecule is COc1cc(-c2ncc(F)c(NCCO)n2)nn1Cc1ccccc1F. The normalized spacial score (nSPS) is 10.8. The maximum atomic E-state index is 13.9. The zero-order valence-electron chi connectivity index (χ0n) is 14.0. The highest BCUT2D eigenvalue weighted by Crippen LogP contribution is 2.23. The van der Waals surface area contributed by atoms with Crippen LogP contribution in [0, 0.1) is 11.6 Å². The first kappa shape index (κ1) is 17.7. The summed E-state index contributed by atoms with van der Waals surface area (Å²) >= 11 is 0. The first-order chi connectivity index (χ1) is 12.6. The van der Waals surface area contributed by atoms with E-state index in [4.69, 9.17) is 9.84 Å². The molecule has 0 aliphatic carbocycles. The number of nitrogens with one attached hydrogen (secondary N) is 1. The zero-order valence-corrected chi connectivity index (χ0v) is 14.0. The molecule has 0 atom stereocenters. The maximum absolute atomic E-state index is 13.9. The van der Waals surface area contributed by atoms with Gasteiger partial charge in [0.15, 0.2) is 17.5 Å². The summed E-state index contributed by atoms with van der Waals surface area (Å²) in [5.74, 6) is -0.454. The molecule has 0 aliphatic heterocycles. The molecule has 3 aromatic rings. The van der Waals surface area contributed by atoms with E-state index in [0.29, 0.717) is 17.1 Å². The zero-order chi connectivity index (χ0) is 18.5. The van der Waals surface area contributed by atoms with Crippen LogP contribution >= 0.6 is 0 Å². The van der Waals surface area contributed by atoms with Crippen molar-refractivity contribution in [1.29, 1.82) is 0 Å². The monoisotopic (exact) mass is 361 g/mol. The van der Waals surface area contributed by atoms with Gasteiger partial charge in [0.2, 0.25) is 5.88 Å². The van der Waals surface area contributed by atoms with Gasteiger partial charge in [0.25, 0.3) is 0 Å². The largest absolute Gasteiger partial charge is 0.481 e. The fourth-order valence-corrected chi connectivity index (χ4v) is 2.36. The van der Waals surface area contributed by atoms with Crippen LogP contribution in [0.5, 0.6) is 5.88 Å². The quantitative estimate of drug-likeness (QED) is 0.670. The maximum Gasteiger partial charge on any atom is 0.212 e. The number of hydrogen-bond acceptors (Lipinski definition) is 6. The molecule has 0 saturated heterocycles. The second-order valence-corrected chi connectivity index (χ2v) is 5.36. The molecule has 3 rings (SSSR count). The highest BCUT2D eigenvalue weighted by Gasteiger charge is 2.16. The molecule has 2 aromatic heterocycles. The van der Waals surface area contributed by atoms with Crippen LogP contribution < -0.4 is 10.1 Å². The Hall–Kier alpha value is -3.07. The fourth-order valence-electron chi connectivity index (χ4n) is 2.36. The van der Waals surface area contributed by atoms with Gasteiger partial charge in [-0.25, -0.2) is 23.4 Å². The molecule has 136 valence electrons. The summed E-state index contributed by atoms with van der Waals surface area (Å²) in [6.07, 6.45) is 1.02. The number of rotatable bonds is 7. The molecule has 0 amide bonds. The molecule has 26 heavy (non-hydrogen) atoms. The van der Waals surface area contributed by atoms with E-state index in [-0.39, 0.29) is 37.2 Å². The Morgan fingerprint density at radius 2 is 2.04 bits per heavy atom. The lowest BCUT2D eigenvalue weighted by atomic mass is 10.2. The molecule has 0 spiro atoms. The number of aromatic nitrogens is 4. The minimum atomic E-state index is -0.639. The van der Waals surface area contributed by atoms with Crippen molar-refractivity contribution >= 4 is 5.82 Å². The number of halogens is 2. The molecule has 0 radical (unpaired) electrons. The average molecular weight is 361 g/mol. The number of nitrogens with zero attached hydrogens (tertiary/aromatic N) is 4. The Bertz CT molecular complexity index is 901. The van der Waals surface area contributed by atoms with Crippen LogP contribution in [0.15, 0.2) is 36.5 Å². The average Bonchev–Trinajstić information content (AvgIpc) is 3.06. The topological polar surface area (TPSA) is 85.1 Å². The van der Waals surface area contributed by atoms with Crippen molar-refractivity contribution in [2.45, 2.75) is 6.54 Å². The van der Waals surface area contributed by atoms with E-state index in [0.717, 1.165) is 6.20 Å². The van der Waals surface area contributed by atoms with Crippen molar-refractivity contribution < 1.29 is 18.6 Å². The van der Waals surface area contributed by atoms with Gasteiger partial charge in [-0.2, -0.15) is 5.10 Å². The first-order valence-electron chi connectivity index (χ1n) is 7.85. The molecule has 2 N–H and O–H groups in total. The van der Waals surface area contributed by atoms with Crippen molar-refractivity contribution in [1.82, 2.24) is 19.7 Å². The Kier molecular flexibility index (Phi) is 5.37. The second kappa shape index (κ2) is 7.87. The van der Waals surface area contributed by atoms with Crippen LogP contribution in [0.2, 0.25) is 0 Å². The number of aliphatic hydroxyl groups excluding tert-OH is 1. The van der Waals surface area contributed by atoms with Crippen LogP contribution in [0.4, 0.5) is 14.6 Å². The third-order valence-electron chi connectivity index (χ3n) is 3.61. The Balaban J connectivity index is 1.92. The highest BCUT2D eigenvalue weighted by atomic mass is 19.1. The van der Waals surface area contributed by atoms with Gasteiger partial charge in [0.1, 0.15) is 11.5 Å². The number of methoxy groups -OCH3 is 1. The van der Waals surface area contributed by atoms with Gasteiger partial charge in [-0.3, -0.25) is 0 Å². The van der Waals surface area contributed by atoms with Gasteiger partial charge in [-0.05, 0) is 6.07 Å². The van der Waals surface area contributed by atoms with E-state index < -0.39 is 5.82 Å². The van der Waals surface area contributed by atoms with E-state index in [9.17, 15) is 8.78 Å². The number of hydrogen-bond donors (Lipinski definition) is 2. The second-order valence-electron chi connectivity index (χ2n) is 5.36. The molecule has 0 aliphatic rings. The summed E-state index contributed by atoms with van der Waals surface area (Å²) in [5.41, 5.74) is 0.802. The van der Waals surface area contributed by atoms with E-state index in [1.165, 1.54) is 17.9 Å². The van der Waals surface area contributed by atoms with E-state index in [1.54, 1.807) is 24.3 Å². The summed E-state index contributed by atoms with van der Waals surface area (Å²) in [5, 5.41) is 15.9. The highest BCUT2D eigenvalue weighted by molar-refractivity contribution is 5.54. The number of aliphatic hydroxyl groups is 1. The molecule has 0 unspecified atom stereocenters. The first-order valence-corrected chi connectivity index (χ1v) is 7.85. The summed E-state index contributed by atoms with van der Waals surface area (Å²) in [6.45, 7) is 0.148. The van der Waals surface area contributed by atoms with Crippen LogP contribution in [0.1, 0.15) is 5.56 Å². The molecule has 0 fully saturated rings. The van der Waals surface area contributed by atoms with Gasteiger partial charge in [-0.1, -0.05) is 18.2 Å². The lowest BCUT2D eigenvalue weighted by Gasteiger charge is -2.07. The Morgan fingerprint density at radius 1 is 1.23 bits per heavy atom. The van der Waals surface area contributed by atoms with Crippen molar-refractivity contribution in [2.24, 2.45) is 0 Å². The van der Waals surface area contributed by atoms with Gasteiger partial charge in [0, 0.05) is 18.2 Å². The van der Waals surface area contributed by atoms with Gasteiger partial charge in [0.05, 0.1) is 26.5 Å². The van der Waals surface area contributed by atoms with Crippen molar-refractivity contribution in [3.8, 4) is 17.4 Å². The number of ether oxygens (including phenoxy) is 1. The third kappa shape index (κ3) is 3.77. The van der Waals surface area contributed by atoms with Gasteiger partial charge >= 0.3 is 0 Å². The summed E-state index contributed by atoms with van der Waals surface area (Å²) in [7, 11) is 1.47. The summed E-state index contributed by atoms with van der Waals surface area (Å²) < 4.78 is 34.4. The Morgan fingerprint density at radius 3 is 2.77 bits per heavy atom. The van der Waals surface area contributed by atoms with Gasteiger partial charge in [-0.15, -0.1) is 0 Å². The molecule has 9 heteroatoms. The standard InChI is InChI=1S/C17H17F2N5O2/c1-26-15-8-14(17-21-9-13(19)16(22-17)20-6-7-25)23-24(15)10-11-4-2-3-5-12(11)18/h2-5,8-9,25H,6-7,10H2,1H3,(H,20,21,22). The van der Waals surface area contributed by atoms with Crippen LogP contribution in [-0.2, 0) is 6.54 Å². The van der Waals surface area contributed by atoms with Crippen molar-refractivity contribution in [3.05, 3.63) is 53.7 Å². The molecule has 0 saturated carbocycles. The minimum Gasteiger partial charge on any atom is -0.481 e. The molecule has 2 heterocycles. The molecule has 0 bridgehead atoms. The van der Waals surface area contributed by atoms with Gasteiger partial charge < -0.3 is 15.2 Å². The van der Waals surface area contributed by atoms with Crippen molar-refractivity contribution in [2.75, 3.05) is 25.6 Å². The third-order valence-corrected chi connectivity index (χ3v) is 3.61. The molecule has 7 nitrogen and oxygen atoms in total. The molecule has 1 aromatic carbocycles. The lowest BCUT2D eigenvalue weighted by molar-refractivity contribution is 0.310. The van der Waals surface area contributed by atoms with E-state index in [2.05, 4.69) is 20.4 Å². The van der Waals surface area contributed by atoms with Crippen molar-refractivity contribution in [3.63, 3.8) is 0 Å². The van der Waals surface area contributed by atoms with Crippen LogP contribution in [0.3, 0.4) is 0 Å². The van der Waals surface area contributed by atoms with E-state index >= 15 is 0 Å². The van der Waals surface area contributed by atoms with E-state index in [1.807, 2.05) is 0 Å². The molecular formula is C17H17F2N5O2. The molecular weight excluding hydrogens is 344 g/mol. The fraction of sp³-hybridized carbons (Fsp3) is 0.235. The predicted octanol–water partition coefficient (Wildman–Crippen LogP) is 2.08. The minimum absolute atomic E-state index is 0.0355. The number of benzene rings is 1.